The molecule has 1 fully saturated rings. The highest BCUT2D eigenvalue weighted by Crippen LogP contribution is 2.63. The van der Waals surface area contributed by atoms with Crippen molar-refractivity contribution in [2.75, 3.05) is 18.3 Å². The van der Waals surface area contributed by atoms with Crippen LogP contribution in [0, 0.1) is 10.8 Å². The molecule has 0 saturated heterocycles. The second kappa shape index (κ2) is 4.05. The van der Waals surface area contributed by atoms with Gasteiger partial charge in [0, 0.05) is 0 Å². The Morgan fingerprint density at radius 3 is 1.82 bits per heavy atom. The van der Waals surface area contributed by atoms with Gasteiger partial charge in [0.05, 0.1) is 0 Å². The predicted molar refractivity (Wildman–Crippen MR) is 84.3 cm³/mol. The molecule has 102 valence electrons. The van der Waals surface area contributed by atoms with Crippen molar-refractivity contribution in [2.24, 2.45) is 10.8 Å². The summed E-state index contributed by atoms with van der Waals surface area (Å²) >= 11 is 0. The first-order valence-electron chi connectivity index (χ1n) is 6.68. The van der Waals surface area contributed by atoms with E-state index in [0.717, 1.165) is 0 Å². The summed E-state index contributed by atoms with van der Waals surface area (Å²) < 4.78 is 0.446. The van der Waals surface area contributed by atoms with Crippen LogP contribution < -0.4 is 0 Å². The Bertz CT molecular complexity index is 307. The molecule has 0 spiro atoms. The molecule has 0 nitrogen and oxygen atoms in total. The molecule has 0 amide bonds. The van der Waals surface area contributed by atoms with Crippen molar-refractivity contribution in [3.8, 4) is 0 Å². The van der Waals surface area contributed by atoms with E-state index in [-0.39, 0.29) is 0 Å². The number of rotatable bonds is 3. The van der Waals surface area contributed by atoms with E-state index in [1.54, 1.807) is 0 Å². The maximum atomic E-state index is 4.12. The average molecular weight is 256 g/mol. The first-order valence-corrected chi connectivity index (χ1v) is 9.30. The Kier molecular flexibility index (Phi) is 3.61. The lowest BCUT2D eigenvalue weighted by Crippen LogP contribution is -2.46. The highest BCUT2D eigenvalue weighted by Gasteiger charge is 2.49. The van der Waals surface area contributed by atoms with Gasteiger partial charge >= 0.3 is 0 Å². The standard InChI is InChI=1S/C16H32S/c1-13-10-16(7,11-13)15(5,6)12-17(8,9)14(2,3)4/h1,10-12H2,2-9H3. The van der Waals surface area contributed by atoms with Gasteiger partial charge in [0.25, 0.3) is 0 Å². The lowest BCUT2D eigenvalue weighted by atomic mass is 9.54. The summed E-state index contributed by atoms with van der Waals surface area (Å²) in [4.78, 5) is 0. The zero-order chi connectivity index (χ0) is 13.7. The van der Waals surface area contributed by atoms with E-state index in [1.165, 1.54) is 24.2 Å². The summed E-state index contributed by atoms with van der Waals surface area (Å²) in [6, 6.07) is 0. The van der Waals surface area contributed by atoms with E-state index >= 15 is 0 Å². The van der Waals surface area contributed by atoms with Crippen molar-refractivity contribution in [2.45, 2.75) is 59.1 Å². The van der Waals surface area contributed by atoms with Gasteiger partial charge in [-0.3, -0.25) is 0 Å². The van der Waals surface area contributed by atoms with Gasteiger partial charge in [-0.15, -0.1) is 0 Å². The van der Waals surface area contributed by atoms with Crippen molar-refractivity contribution in [3.63, 3.8) is 0 Å². The van der Waals surface area contributed by atoms with Crippen LogP contribution in [0.15, 0.2) is 12.2 Å². The molecule has 0 heterocycles. The van der Waals surface area contributed by atoms with Crippen molar-refractivity contribution >= 4 is 10.0 Å². The van der Waals surface area contributed by atoms with Crippen LogP contribution >= 0.6 is 10.0 Å². The van der Waals surface area contributed by atoms with Crippen molar-refractivity contribution in [3.05, 3.63) is 12.2 Å². The Morgan fingerprint density at radius 2 is 1.53 bits per heavy atom. The van der Waals surface area contributed by atoms with E-state index in [2.05, 4.69) is 60.6 Å². The van der Waals surface area contributed by atoms with E-state index in [1.807, 2.05) is 0 Å². The minimum atomic E-state index is -0.562. The molecule has 0 N–H and O–H groups in total. The first kappa shape index (κ1) is 15.1. The Balaban J connectivity index is 2.84. The molecule has 0 unspecified atom stereocenters. The molecule has 0 bridgehead atoms. The fraction of sp³-hybridized carbons (Fsp3) is 0.875. The molecule has 0 aromatic rings. The number of allylic oxidation sites excluding steroid dienone is 1. The van der Waals surface area contributed by atoms with Crippen molar-refractivity contribution in [1.29, 1.82) is 0 Å². The quantitative estimate of drug-likeness (QED) is 0.606. The van der Waals surface area contributed by atoms with E-state index in [4.69, 9.17) is 0 Å². The molecule has 0 atom stereocenters. The lowest BCUT2D eigenvalue weighted by molar-refractivity contribution is 0.0658. The Morgan fingerprint density at radius 1 is 1.12 bits per heavy atom. The van der Waals surface area contributed by atoms with Crippen LogP contribution in [0.4, 0.5) is 0 Å². The van der Waals surface area contributed by atoms with Crippen LogP contribution in [0.1, 0.15) is 54.4 Å². The second-order valence-corrected chi connectivity index (χ2v) is 12.9. The molecular formula is C16H32S. The fourth-order valence-electron chi connectivity index (χ4n) is 2.82. The predicted octanol–water partition coefficient (Wildman–Crippen LogP) is 5.23. The summed E-state index contributed by atoms with van der Waals surface area (Å²) in [5, 5.41) is 0. The van der Waals surface area contributed by atoms with Gasteiger partial charge in [-0.1, -0.05) is 53.7 Å². The average Bonchev–Trinajstić information content (AvgIpc) is 1.96. The number of hydrogen-bond donors (Lipinski definition) is 0. The zero-order valence-electron chi connectivity index (χ0n) is 13.2. The number of hydrogen-bond acceptors (Lipinski definition) is 0. The molecule has 0 aromatic heterocycles. The molecule has 1 heteroatoms. The summed E-state index contributed by atoms with van der Waals surface area (Å²) in [6.07, 6.45) is 7.48. The highest BCUT2D eigenvalue weighted by atomic mass is 32.3. The van der Waals surface area contributed by atoms with E-state index in [0.29, 0.717) is 15.6 Å². The maximum absolute atomic E-state index is 4.12. The van der Waals surface area contributed by atoms with Gasteiger partial charge in [-0.05, 0) is 46.7 Å². The summed E-state index contributed by atoms with van der Waals surface area (Å²) in [7, 11) is -0.562. The molecule has 0 aliphatic heterocycles. The minimum absolute atomic E-state index is 0.431. The smallest absolute Gasteiger partial charge is 0.00870 e. The van der Waals surface area contributed by atoms with Gasteiger partial charge in [0.1, 0.15) is 0 Å². The van der Waals surface area contributed by atoms with Gasteiger partial charge in [0.15, 0.2) is 0 Å². The molecule has 17 heavy (non-hydrogen) atoms. The van der Waals surface area contributed by atoms with E-state index in [9.17, 15) is 0 Å². The molecule has 0 aromatic carbocycles. The first-order chi connectivity index (χ1) is 7.31. The molecular weight excluding hydrogens is 224 g/mol. The monoisotopic (exact) mass is 256 g/mol. The summed E-state index contributed by atoms with van der Waals surface area (Å²) in [5.74, 6) is 1.37. The van der Waals surface area contributed by atoms with Crippen LogP contribution in [-0.4, -0.2) is 23.0 Å². The van der Waals surface area contributed by atoms with E-state index < -0.39 is 10.0 Å². The molecule has 1 saturated carbocycles. The van der Waals surface area contributed by atoms with Crippen LogP contribution in [-0.2, 0) is 0 Å². The van der Waals surface area contributed by atoms with Gasteiger partial charge in [0.2, 0.25) is 0 Å². The largest absolute Gasteiger partial charge is 0.241 e. The van der Waals surface area contributed by atoms with Gasteiger partial charge < -0.3 is 0 Å². The third-order valence-corrected chi connectivity index (χ3v) is 10.1. The fourth-order valence-corrected chi connectivity index (χ4v) is 5.41. The molecule has 1 rings (SSSR count). The van der Waals surface area contributed by atoms with Gasteiger partial charge in [-0.2, -0.15) is 0 Å². The highest BCUT2D eigenvalue weighted by molar-refractivity contribution is 8.33. The minimum Gasteiger partial charge on any atom is -0.241 e. The normalized spacial score (nSPS) is 22.2. The maximum Gasteiger partial charge on any atom is -0.00870 e. The van der Waals surface area contributed by atoms with Gasteiger partial charge in [-0.25, -0.2) is 10.0 Å². The molecule has 0 radical (unpaired) electrons. The van der Waals surface area contributed by atoms with Crippen LogP contribution in [0.3, 0.4) is 0 Å². The Labute approximate surface area is 111 Å². The third-order valence-electron chi connectivity index (χ3n) is 5.29. The summed E-state index contributed by atoms with van der Waals surface area (Å²) in [6.45, 7) is 18.7. The molecule has 1 aliphatic rings. The van der Waals surface area contributed by atoms with Crippen LogP contribution in [0.5, 0.6) is 0 Å². The Hall–Kier alpha value is 0.0900. The third kappa shape index (κ3) is 2.75. The SMILES string of the molecule is C=C1CC(C)(C(C)(C)CS(C)(C)C(C)(C)C)C1. The zero-order valence-corrected chi connectivity index (χ0v) is 14.1. The lowest BCUT2D eigenvalue weighted by Gasteiger charge is -2.58. The summed E-state index contributed by atoms with van der Waals surface area (Å²) in [5.41, 5.74) is 2.36. The molecule has 1 aliphatic carbocycles. The topological polar surface area (TPSA) is 0 Å². The van der Waals surface area contributed by atoms with Crippen molar-refractivity contribution in [1.82, 2.24) is 0 Å². The van der Waals surface area contributed by atoms with Crippen LogP contribution in [0.2, 0.25) is 0 Å². The van der Waals surface area contributed by atoms with Crippen LogP contribution in [0.25, 0.3) is 0 Å². The van der Waals surface area contributed by atoms with Crippen molar-refractivity contribution < 1.29 is 0 Å². The second-order valence-electron chi connectivity index (χ2n) is 8.34.